The number of hydrogen-bond donors (Lipinski definition) is 2. The standard InChI is InChI=1S/C25H32N4O2/c1-17(2)22(30)14-8-9-15-23(31)29-16-18-10-4-5-11-19(18)24(26)25(28(3)27)20-12-6-7-13-21(20)29/h4-7,10-13,17H,8-9,14-16,26-27H2,1-3H3/b25-24-. The second-order valence-electron chi connectivity index (χ2n) is 8.36. The molecule has 0 spiro atoms. The van der Waals surface area contributed by atoms with Crippen molar-refractivity contribution < 1.29 is 9.59 Å². The zero-order valence-corrected chi connectivity index (χ0v) is 18.6. The van der Waals surface area contributed by atoms with Crippen molar-refractivity contribution in [1.29, 1.82) is 0 Å². The molecule has 1 aliphatic heterocycles. The van der Waals surface area contributed by atoms with E-state index in [0.717, 1.165) is 28.8 Å². The number of hydrogen-bond acceptors (Lipinski definition) is 5. The Morgan fingerprint density at radius 3 is 2.29 bits per heavy atom. The number of para-hydroxylation sites is 1. The first-order valence-corrected chi connectivity index (χ1v) is 10.8. The molecule has 31 heavy (non-hydrogen) atoms. The number of carbonyl (C=O) groups is 2. The Balaban J connectivity index is 1.95. The van der Waals surface area contributed by atoms with Crippen LogP contribution in [0.25, 0.3) is 11.4 Å². The van der Waals surface area contributed by atoms with Crippen LogP contribution in [-0.2, 0) is 16.1 Å². The number of carbonyl (C=O) groups excluding carboxylic acids is 2. The molecular weight excluding hydrogens is 388 g/mol. The molecule has 0 aromatic heterocycles. The molecule has 0 saturated heterocycles. The Labute approximate surface area is 184 Å². The maximum absolute atomic E-state index is 13.3. The van der Waals surface area contributed by atoms with E-state index in [1.54, 1.807) is 7.05 Å². The maximum Gasteiger partial charge on any atom is 0.227 e. The van der Waals surface area contributed by atoms with Crippen molar-refractivity contribution in [2.45, 2.75) is 46.1 Å². The van der Waals surface area contributed by atoms with Gasteiger partial charge in [0.15, 0.2) is 0 Å². The van der Waals surface area contributed by atoms with Gasteiger partial charge in [-0.2, -0.15) is 0 Å². The number of fused-ring (bicyclic) bond motifs is 2. The minimum absolute atomic E-state index is 0.0266. The van der Waals surface area contributed by atoms with Crippen molar-refractivity contribution in [2.24, 2.45) is 17.5 Å². The summed E-state index contributed by atoms with van der Waals surface area (Å²) < 4.78 is 0. The fraction of sp³-hybridized carbons (Fsp3) is 0.360. The fourth-order valence-electron chi connectivity index (χ4n) is 3.96. The zero-order valence-electron chi connectivity index (χ0n) is 18.6. The van der Waals surface area contributed by atoms with Crippen molar-refractivity contribution in [3.63, 3.8) is 0 Å². The molecule has 0 atom stereocenters. The normalized spacial score (nSPS) is 15.7. The average molecular weight is 421 g/mol. The molecule has 0 unspecified atom stereocenters. The van der Waals surface area contributed by atoms with Gasteiger partial charge >= 0.3 is 0 Å². The minimum Gasteiger partial charge on any atom is -0.396 e. The summed E-state index contributed by atoms with van der Waals surface area (Å²) in [5.41, 5.74) is 11.3. The molecule has 0 bridgehead atoms. The van der Waals surface area contributed by atoms with Gasteiger partial charge in [-0.25, -0.2) is 5.84 Å². The molecule has 164 valence electrons. The van der Waals surface area contributed by atoms with Gasteiger partial charge in [-0.3, -0.25) is 9.59 Å². The van der Waals surface area contributed by atoms with Crippen LogP contribution in [0.4, 0.5) is 5.69 Å². The van der Waals surface area contributed by atoms with Gasteiger partial charge < -0.3 is 15.6 Å². The average Bonchev–Trinajstić information content (AvgIpc) is 2.74. The van der Waals surface area contributed by atoms with Gasteiger partial charge in [0.25, 0.3) is 0 Å². The highest BCUT2D eigenvalue weighted by atomic mass is 16.2. The molecule has 6 nitrogen and oxygen atoms in total. The number of nitrogens with zero attached hydrogens (tertiary/aromatic N) is 2. The topological polar surface area (TPSA) is 92.7 Å². The van der Waals surface area contributed by atoms with Gasteiger partial charge in [-0.15, -0.1) is 0 Å². The number of unbranched alkanes of at least 4 members (excludes halogenated alkanes) is 1. The van der Waals surface area contributed by atoms with Crippen molar-refractivity contribution in [1.82, 2.24) is 5.01 Å². The van der Waals surface area contributed by atoms with Gasteiger partial charge in [0.1, 0.15) is 5.78 Å². The first kappa shape index (κ1) is 22.6. The largest absolute Gasteiger partial charge is 0.396 e. The van der Waals surface area contributed by atoms with Gasteiger partial charge in [-0.05, 0) is 24.5 Å². The first-order chi connectivity index (χ1) is 14.8. The van der Waals surface area contributed by atoms with E-state index in [2.05, 4.69) is 0 Å². The second-order valence-corrected chi connectivity index (χ2v) is 8.36. The molecule has 0 saturated carbocycles. The second kappa shape index (κ2) is 9.79. The number of anilines is 1. The Morgan fingerprint density at radius 1 is 1.00 bits per heavy atom. The van der Waals surface area contributed by atoms with E-state index in [4.69, 9.17) is 11.6 Å². The fourth-order valence-corrected chi connectivity index (χ4v) is 3.96. The predicted molar refractivity (Wildman–Crippen MR) is 125 cm³/mol. The molecule has 0 radical (unpaired) electrons. The number of benzene rings is 2. The van der Waals surface area contributed by atoms with E-state index in [1.165, 1.54) is 5.01 Å². The highest BCUT2D eigenvalue weighted by Crippen LogP contribution is 2.36. The van der Waals surface area contributed by atoms with E-state index in [0.29, 0.717) is 37.2 Å². The van der Waals surface area contributed by atoms with Crippen LogP contribution < -0.4 is 16.5 Å². The van der Waals surface area contributed by atoms with Crippen LogP contribution in [0.5, 0.6) is 0 Å². The Hall–Kier alpha value is -3.12. The van der Waals surface area contributed by atoms with Gasteiger partial charge in [0.05, 0.1) is 23.6 Å². The van der Waals surface area contributed by atoms with Gasteiger partial charge in [0.2, 0.25) is 5.91 Å². The molecule has 2 aromatic carbocycles. The Morgan fingerprint density at radius 2 is 1.61 bits per heavy atom. The third-order valence-electron chi connectivity index (χ3n) is 5.70. The maximum atomic E-state index is 13.3. The van der Waals surface area contributed by atoms with E-state index in [9.17, 15) is 9.59 Å². The molecule has 4 N–H and O–H groups in total. The summed E-state index contributed by atoms with van der Waals surface area (Å²) in [6.45, 7) is 4.25. The Kier molecular flexibility index (Phi) is 7.13. The van der Waals surface area contributed by atoms with E-state index in [1.807, 2.05) is 67.3 Å². The lowest BCUT2D eigenvalue weighted by atomic mass is 9.95. The SMILES string of the molecule is CC(C)C(=O)CCCCC(=O)N1Cc2ccccc2/C(N)=C(/N(C)N)c2ccccc21. The molecule has 1 amide bonds. The molecule has 1 aliphatic rings. The number of amides is 1. The number of rotatable bonds is 7. The summed E-state index contributed by atoms with van der Waals surface area (Å²) in [7, 11) is 1.75. The number of Topliss-reactive ketones (excluding diaryl/α,β-unsaturated/α-hetero) is 1. The van der Waals surface area contributed by atoms with Gasteiger partial charge in [-0.1, -0.05) is 56.3 Å². The monoisotopic (exact) mass is 420 g/mol. The van der Waals surface area contributed by atoms with Crippen molar-refractivity contribution in [3.8, 4) is 0 Å². The lowest BCUT2D eigenvalue weighted by Gasteiger charge is -2.32. The summed E-state index contributed by atoms with van der Waals surface area (Å²) in [5.74, 6) is 6.49. The van der Waals surface area contributed by atoms with Crippen molar-refractivity contribution in [2.75, 3.05) is 11.9 Å². The number of nitrogens with two attached hydrogens (primary N) is 2. The van der Waals surface area contributed by atoms with Crippen LogP contribution in [0.15, 0.2) is 48.5 Å². The first-order valence-electron chi connectivity index (χ1n) is 10.8. The van der Waals surface area contributed by atoms with Crippen LogP contribution in [0, 0.1) is 5.92 Å². The third kappa shape index (κ3) is 4.97. The molecule has 2 aromatic rings. The summed E-state index contributed by atoms with van der Waals surface area (Å²) in [4.78, 5) is 27.0. The lowest BCUT2D eigenvalue weighted by Crippen LogP contribution is -2.35. The van der Waals surface area contributed by atoms with Gasteiger partial charge in [0, 0.05) is 36.9 Å². The third-order valence-corrected chi connectivity index (χ3v) is 5.70. The molecular formula is C25H32N4O2. The van der Waals surface area contributed by atoms with Crippen molar-refractivity contribution >= 4 is 28.8 Å². The van der Waals surface area contributed by atoms with Crippen LogP contribution >= 0.6 is 0 Å². The lowest BCUT2D eigenvalue weighted by molar-refractivity contribution is -0.122. The van der Waals surface area contributed by atoms with Crippen molar-refractivity contribution in [3.05, 3.63) is 65.2 Å². The summed E-state index contributed by atoms with van der Waals surface area (Å²) in [6.07, 6.45) is 2.30. The highest BCUT2D eigenvalue weighted by molar-refractivity contribution is 6.01. The molecule has 6 heteroatoms. The predicted octanol–water partition coefficient (Wildman–Crippen LogP) is 3.91. The van der Waals surface area contributed by atoms with Crippen LogP contribution in [0.3, 0.4) is 0 Å². The molecule has 1 heterocycles. The zero-order chi connectivity index (χ0) is 22.5. The smallest absolute Gasteiger partial charge is 0.227 e. The molecule has 0 aliphatic carbocycles. The number of hydrazine groups is 1. The highest BCUT2D eigenvalue weighted by Gasteiger charge is 2.26. The molecule has 0 fully saturated rings. The summed E-state index contributed by atoms with van der Waals surface area (Å²) in [6, 6.07) is 15.5. The Bertz CT molecular complexity index is 995. The summed E-state index contributed by atoms with van der Waals surface area (Å²) >= 11 is 0. The number of ketones is 1. The van der Waals surface area contributed by atoms with E-state index >= 15 is 0 Å². The quantitative estimate of drug-likeness (QED) is 0.402. The van der Waals surface area contributed by atoms with Crippen LogP contribution in [-0.4, -0.2) is 23.7 Å². The van der Waals surface area contributed by atoms with E-state index in [-0.39, 0.29) is 17.6 Å². The molecule has 3 rings (SSSR count). The van der Waals surface area contributed by atoms with E-state index < -0.39 is 0 Å². The summed E-state index contributed by atoms with van der Waals surface area (Å²) in [5, 5.41) is 1.51. The van der Waals surface area contributed by atoms with Crippen LogP contribution in [0.2, 0.25) is 0 Å². The van der Waals surface area contributed by atoms with Crippen LogP contribution in [0.1, 0.15) is 56.2 Å². The minimum atomic E-state index is 0.0266.